The molecule has 0 radical (unpaired) electrons. The fourth-order valence-corrected chi connectivity index (χ4v) is 1.43. The smallest absolute Gasteiger partial charge is 0.224 e. The molecule has 1 aromatic rings. The highest BCUT2D eigenvalue weighted by Crippen LogP contribution is 2.27. The predicted octanol–water partition coefficient (Wildman–Crippen LogP) is 2.03. The number of nitrogens with two attached hydrogens (primary N) is 1. The van der Waals surface area contributed by atoms with Gasteiger partial charge in [0.1, 0.15) is 5.75 Å². The molecular formula is C11H15ClN2O2. The molecule has 0 aliphatic heterocycles. The van der Waals surface area contributed by atoms with Gasteiger partial charge in [-0.2, -0.15) is 0 Å². The number of hydrogen-bond acceptors (Lipinski definition) is 3. The zero-order valence-corrected chi connectivity index (χ0v) is 9.88. The van der Waals surface area contributed by atoms with Crippen LogP contribution in [-0.2, 0) is 4.79 Å². The highest BCUT2D eigenvalue weighted by molar-refractivity contribution is 6.31. The molecule has 0 fully saturated rings. The molecule has 0 aromatic heterocycles. The second-order valence-electron chi connectivity index (χ2n) is 3.29. The number of methoxy groups -OCH3 is 1. The molecule has 0 aliphatic rings. The van der Waals surface area contributed by atoms with Crippen LogP contribution in [-0.4, -0.2) is 19.6 Å². The average molecular weight is 243 g/mol. The van der Waals surface area contributed by atoms with Gasteiger partial charge in [0, 0.05) is 11.4 Å². The van der Waals surface area contributed by atoms with Crippen molar-refractivity contribution < 1.29 is 9.53 Å². The molecule has 1 amide bonds. The Morgan fingerprint density at radius 3 is 2.94 bits per heavy atom. The maximum atomic E-state index is 11.5. The van der Waals surface area contributed by atoms with Gasteiger partial charge < -0.3 is 15.8 Å². The Morgan fingerprint density at radius 2 is 2.31 bits per heavy atom. The summed E-state index contributed by atoms with van der Waals surface area (Å²) in [6, 6.07) is 5.07. The van der Waals surface area contributed by atoms with Crippen LogP contribution < -0.4 is 15.8 Å². The van der Waals surface area contributed by atoms with Crippen LogP contribution in [0.4, 0.5) is 5.69 Å². The quantitative estimate of drug-likeness (QED) is 0.830. The molecule has 1 aromatic carbocycles. The minimum absolute atomic E-state index is 0.0917. The van der Waals surface area contributed by atoms with Crippen LogP contribution in [0, 0.1) is 0 Å². The summed E-state index contributed by atoms with van der Waals surface area (Å²) in [5.41, 5.74) is 5.91. The number of amides is 1. The topological polar surface area (TPSA) is 64.3 Å². The molecule has 0 spiro atoms. The normalized spacial score (nSPS) is 9.94. The maximum Gasteiger partial charge on any atom is 0.224 e. The van der Waals surface area contributed by atoms with Gasteiger partial charge in [0.2, 0.25) is 5.91 Å². The minimum atomic E-state index is -0.0917. The fraction of sp³-hybridized carbons (Fsp3) is 0.364. The van der Waals surface area contributed by atoms with E-state index in [-0.39, 0.29) is 5.91 Å². The molecule has 4 nitrogen and oxygen atoms in total. The van der Waals surface area contributed by atoms with E-state index in [9.17, 15) is 4.79 Å². The van der Waals surface area contributed by atoms with Crippen molar-refractivity contribution in [2.75, 3.05) is 19.0 Å². The van der Waals surface area contributed by atoms with E-state index in [0.29, 0.717) is 35.8 Å². The van der Waals surface area contributed by atoms with Crippen molar-refractivity contribution in [1.82, 2.24) is 0 Å². The average Bonchev–Trinajstić information content (AvgIpc) is 2.27. The molecule has 0 saturated carbocycles. The number of carbonyl (C=O) groups excluding carboxylic acids is 1. The van der Waals surface area contributed by atoms with E-state index in [4.69, 9.17) is 22.1 Å². The van der Waals surface area contributed by atoms with Gasteiger partial charge in [0.05, 0.1) is 12.8 Å². The Balaban J connectivity index is 2.71. The summed E-state index contributed by atoms with van der Waals surface area (Å²) in [5, 5.41) is 3.28. The van der Waals surface area contributed by atoms with E-state index in [1.807, 2.05) is 0 Å². The highest BCUT2D eigenvalue weighted by Gasteiger charge is 2.07. The molecule has 3 N–H and O–H groups in total. The van der Waals surface area contributed by atoms with Crippen molar-refractivity contribution in [3.63, 3.8) is 0 Å². The van der Waals surface area contributed by atoms with Gasteiger partial charge in [-0.1, -0.05) is 11.6 Å². The number of ether oxygens (including phenoxy) is 1. The minimum Gasteiger partial charge on any atom is -0.495 e. The Morgan fingerprint density at radius 1 is 1.56 bits per heavy atom. The zero-order chi connectivity index (χ0) is 12.0. The van der Waals surface area contributed by atoms with E-state index >= 15 is 0 Å². The third-order valence-electron chi connectivity index (χ3n) is 2.04. The monoisotopic (exact) mass is 242 g/mol. The largest absolute Gasteiger partial charge is 0.495 e. The van der Waals surface area contributed by atoms with Crippen molar-refractivity contribution in [3.05, 3.63) is 23.2 Å². The number of rotatable bonds is 5. The number of halogens is 1. The lowest BCUT2D eigenvalue weighted by atomic mass is 10.2. The molecule has 5 heteroatoms. The van der Waals surface area contributed by atoms with Crippen LogP contribution >= 0.6 is 11.6 Å². The lowest BCUT2D eigenvalue weighted by Crippen LogP contribution is -2.14. The van der Waals surface area contributed by atoms with E-state index in [1.165, 1.54) is 0 Å². The second kappa shape index (κ2) is 6.35. The zero-order valence-electron chi connectivity index (χ0n) is 9.13. The lowest BCUT2D eigenvalue weighted by Gasteiger charge is -2.10. The number of benzene rings is 1. The van der Waals surface area contributed by atoms with Crippen molar-refractivity contribution in [1.29, 1.82) is 0 Å². The number of nitrogens with one attached hydrogen (secondary N) is 1. The van der Waals surface area contributed by atoms with Gasteiger partial charge >= 0.3 is 0 Å². The molecule has 0 unspecified atom stereocenters. The summed E-state index contributed by atoms with van der Waals surface area (Å²) in [6.07, 6.45) is 1.06. The van der Waals surface area contributed by atoms with E-state index in [0.717, 1.165) is 0 Å². The van der Waals surface area contributed by atoms with Gasteiger partial charge in [-0.15, -0.1) is 0 Å². The molecule has 0 saturated heterocycles. The highest BCUT2D eigenvalue weighted by atomic mass is 35.5. The Hall–Kier alpha value is -1.26. The van der Waals surface area contributed by atoms with Gasteiger partial charge in [0.15, 0.2) is 0 Å². The van der Waals surface area contributed by atoms with Crippen molar-refractivity contribution >= 4 is 23.2 Å². The third-order valence-corrected chi connectivity index (χ3v) is 2.28. The molecule has 0 bridgehead atoms. The molecular weight excluding hydrogens is 228 g/mol. The Bertz CT molecular complexity index is 369. The van der Waals surface area contributed by atoms with E-state index in [2.05, 4.69) is 5.32 Å². The SMILES string of the molecule is COc1ccc(Cl)cc1NC(=O)CCCN. The summed E-state index contributed by atoms with van der Waals surface area (Å²) < 4.78 is 5.11. The van der Waals surface area contributed by atoms with Gasteiger partial charge in [-0.25, -0.2) is 0 Å². The van der Waals surface area contributed by atoms with Crippen LogP contribution in [0.2, 0.25) is 5.02 Å². The Labute approximate surface area is 99.7 Å². The molecule has 0 aliphatic carbocycles. The number of anilines is 1. The summed E-state index contributed by atoms with van der Waals surface area (Å²) in [6.45, 7) is 0.500. The lowest BCUT2D eigenvalue weighted by molar-refractivity contribution is -0.116. The maximum absolute atomic E-state index is 11.5. The molecule has 0 heterocycles. The third kappa shape index (κ3) is 3.72. The van der Waals surface area contributed by atoms with Crippen LogP contribution in [0.5, 0.6) is 5.75 Å². The Kier molecular flexibility index (Phi) is 5.08. The van der Waals surface area contributed by atoms with Crippen LogP contribution in [0.25, 0.3) is 0 Å². The van der Waals surface area contributed by atoms with Crippen LogP contribution in [0.15, 0.2) is 18.2 Å². The van der Waals surface area contributed by atoms with Gasteiger partial charge in [-0.05, 0) is 31.2 Å². The van der Waals surface area contributed by atoms with E-state index < -0.39 is 0 Å². The van der Waals surface area contributed by atoms with E-state index in [1.54, 1.807) is 25.3 Å². The predicted molar refractivity (Wildman–Crippen MR) is 64.9 cm³/mol. The van der Waals surface area contributed by atoms with Crippen molar-refractivity contribution in [2.45, 2.75) is 12.8 Å². The summed E-state index contributed by atoms with van der Waals surface area (Å²) in [7, 11) is 1.54. The van der Waals surface area contributed by atoms with Crippen molar-refractivity contribution in [2.24, 2.45) is 5.73 Å². The second-order valence-corrected chi connectivity index (χ2v) is 3.72. The van der Waals surface area contributed by atoms with Crippen LogP contribution in [0.1, 0.15) is 12.8 Å². The molecule has 88 valence electrons. The summed E-state index contributed by atoms with van der Waals surface area (Å²) >= 11 is 5.83. The first-order chi connectivity index (χ1) is 7.67. The fourth-order valence-electron chi connectivity index (χ4n) is 1.25. The standard InChI is InChI=1S/C11H15ClN2O2/c1-16-10-5-4-8(12)7-9(10)14-11(15)3-2-6-13/h4-5,7H,2-3,6,13H2,1H3,(H,14,15). The van der Waals surface area contributed by atoms with Crippen molar-refractivity contribution in [3.8, 4) is 5.75 Å². The first-order valence-electron chi connectivity index (χ1n) is 5.01. The first-order valence-corrected chi connectivity index (χ1v) is 5.38. The molecule has 1 rings (SSSR count). The molecule has 16 heavy (non-hydrogen) atoms. The van der Waals surface area contributed by atoms with Crippen LogP contribution in [0.3, 0.4) is 0 Å². The molecule has 0 atom stereocenters. The van der Waals surface area contributed by atoms with Gasteiger partial charge in [0.25, 0.3) is 0 Å². The summed E-state index contributed by atoms with van der Waals surface area (Å²) in [4.78, 5) is 11.5. The number of hydrogen-bond donors (Lipinski definition) is 2. The first kappa shape index (κ1) is 12.8. The summed E-state index contributed by atoms with van der Waals surface area (Å²) in [5.74, 6) is 0.497. The number of carbonyl (C=O) groups is 1. The van der Waals surface area contributed by atoms with Gasteiger partial charge in [-0.3, -0.25) is 4.79 Å².